The summed E-state index contributed by atoms with van der Waals surface area (Å²) in [5.41, 5.74) is 3.01. The third kappa shape index (κ3) is 2.13. The van der Waals surface area contributed by atoms with Gasteiger partial charge in [0.2, 0.25) is 0 Å². The molecule has 3 heteroatoms. The standard InChI is InChI=1S/C14H14N2O/c1-9-8-13(17)16-14(15-9)12-6-4-11(5-7-12)10-2-3-10/h4-8,10H,2-3H2,1H3,(H,15,16,17). The lowest BCUT2D eigenvalue weighted by Gasteiger charge is -2.03. The molecule has 1 saturated carbocycles. The molecule has 0 atom stereocenters. The van der Waals surface area contributed by atoms with E-state index in [2.05, 4.69) is 22.1 Å². The molecule has 0 spiro atoms. The Morgan fingerprint density at radius 1 is 1.24 bits per heavy atom. The summed E-state index contributed by atoms with van der Waals surface area (Å²) in [7, 11) is 0. The third-order valence-electron chi connectivity index (χ3n) is 3.10. The van der Waals surface area contributed by atoms with Crippen molar-refractivity contribution in [3.63, 3.8) is 0 Å². The average Bonchev–Trinajstić information content (AvgIpc) is 3.12. The zero-order valence-corrected chi connectivity index (χ0v) is 9.73. The van der Waals surface area contributed by atoms with Crippen molar-refractivity contribution < 1.29 is 0 Å². The predicted molar refractivity (Wildman–Crippen MR) is 67.0 cm³/mol. The van der Waals surface area contributed by atoms with Gasteiger partial charge in [-0.1, -0.05) is 24.3 Å². The normalized spacial score (nSPS) is 14.9. The van der Waals surface area contributed by atoms with Gasteiger partial charge in [-0.05, 0) is 31.2 Å². The summed E-state index contributed by atoms with van der Waals surface area (Å²) in [6.07, 6.45) is 2.61. The first kappa shape index (κ1) is 10.3. The average molecular weight is 226 g/mol. The van der Waals surface area contributed by atoms with Crippen LogP contribution in [0.1, 0.15) is 30.0 Å². The van der Waals surface area contributed by atoms with Gasteiger partial charge in [-0.15, -0.1) is 0 Å². The van der Waals surface area contributed by atoms with Crippen LogP contribution < -0.4 is 5.56 Å². The van der Waals surface area contributed by atoms with Gasteiger partial charge in [0, 0.05) is 17.3 Å². The molecule has 1 aliphatic carbocycles. The highest BCUT2D eigenvalue weighted by Gasteiger charge is 2.23. The Morgan fingerprint density at radius 3 is 2.53 bits per heavy atom. The van der Waals surface area contributed by atoms with Gasteiger partial charge in [-0.3, -0.25) is 4.79 Å². The van der Waals surface area contributed by atoms with E-state index in [1.54, 1.807) is 0 Å². The number of hydrogen-bond acceptors (Lipinski definition) is 2. The highest BCUT2D eigenvalue weighted by Crippen LogP contribution is 2.40. The predicted octanol–water partition coefficient (Wildman–Crippen LogP) is 2.62. The van der Waals surface area contributed by atoms with Crippen molar-refractivity contribution in [2.24, 2.45) is 0 Å². The molecule has 0 aliphatic heterocycles. The second-order valence-corrected chi connectivity index (χ2v) is 4.63. The molecular weight excluding hydrogens is 212 g/mol. The number of rotatable bonds is 2. The van der Waals surface area contributed by atoms with Crippen molar-refractivity contribution in [2.45, 2.75) is 25.7 Å². The second kappa shape index (κ2) is 3.84. The molecule has 0 radical (unpaired) electrons. The topological polar surface area (TPSA) is 45.8 Å². The number of hydrogen-bond donors (Lipinski definition) is 1. The zero-order valence-electron chi connectivity index (χ0n) is 9.73. The maximum absolute atomic E-state index is 11.4. The Kier molecular flexibility index (Phi) is 2.32. The molecule has 1 aliphatic rings. The van der Waals surface area contributed by atoms with E-state index in [-0.39, 0.29) is 5.56 Å². The van der Waals surface area contributed by atoms with E-state index in [9.17, 15) is 4.79 Å². The highest BCUT2D eigenvalue weighted by atomic mass is 16.1. The highest BCUT2D eigenvalue weighted by molar-refractivity contribution is 5.55. The fourth-order valence-electron chi connectivity index (χ4n) is 2.05. The first-order valence-electron chi connectivity index (χ1n) is 5.91. The van der Waals surface area contributed by atoms with Gasteiger partial charge in [0.25, 0.3) is 5.56 Å². The fourth-order valence-corrected chi connectivity index (χ4v) is 2.05. The van der Waals surface area contributed by atoms with Crippen LogP contribution in [0.5, 0.6) is 0 Å². The molecular formula is C14H14N2O. The van der Waals surface area contributed by atoms with Gasteiger partial charge in [-0.25, -0.2) is 4.98 Å². The number of nitrogens with zero attached hydrogens (tertiary/aromatic N) is 1. The lowest BCUT2D eigenvalue weighted by Crippen LogP contribution is -2.08. The summed E-state index contributed by atoms with van der Waals surface area (Å²) in [6, 6.07) is 9.84. The number of H-pyrrole nitrogens is 1. The minimum atomic E-state index is -0.0984. The van der Waals surface area contributed by atoms with Gasteiger partial charge < -0.3 is 4.98 Å². The minimum absolute atomic E-state index is 0.0984. The van der Waals surface area contributed by atoms with Crippen LogP contribution in [0.3, 0.4) is 0 Å². The molecule has 1 aromatic heterocycles. The Morgan fingerprint density at radius 2 is 1.94 bits per heavy atom. The van der Waals surface area contributed by atoms with Crippen molar-refractivity contribution in [3.05, 3.63) is 51.9 Å². The van der Waals surface area contributed by atoms with Crippen molar-refractivity contribution in [3.8, 4) is 11.4 Å². The van der Waals surface area contributed by atoms with E-state index >= 15 is 0 Å². The minimum Gasteiger partial charge on any atom is -0.307 e. The summed E-state index contributed by atoms with van der Waals surface area (Å²) < 4.78 is 0. The molecule has 3 nitrogen and oxygen atoms in total. The lowest BCUT2D eigenvalue weighted by atomic mass is 10.1. The van der Waals surface area contributed by atoms with Gasteiger partial charge in [0.1, 0.15) is 5.82 Å². The Labute approximate surface area is 99.5 Å². The molecule has 0 bridgehead atoms. The van der Waals surface area contributed by atoms with Gasteiger partial charge >= 0.3 is 0 Å². The SMILES string of the molecule is Cc1cc(=O)[nH]c(-c2ccc(C3CC3)cc2)n1. The van der Waals surface area contributed by atoms with Crippen molar-refractivity contribution in [2.75, 3.05) is 0 Å². The summed E-state index contributed by atoms with van der Waals surface area (Å²) >= 11 is 0. The molecule has 0 unspecified atom stereocenters. The van der Waals surface area contributed by atoms with E-state index < -0.39 is 0 Å². The molecule has 1 heterocycles. The van der Waals surface area contributed by atoms with E-state index in [0.717, 1.165) is 17.2 Å². The Balaban J connectivity index is 1.99. The van der Waals surface area contributed by atoms with Crippen LogP contribution in [0.15, 0.2) is 35.1 Å². The largest absolute Gasteiger partial charge is 0.307 e. The monoisotopic (exact) mass is 226 g/mol. The molecule has 17 heavy (non-hydrogen) atoms. The van der Waals surface area contributed by atoms with E-state index in [4.69, 9.17) is 0 Å². The van der Waals surface area contributed by atoms with Crippen LogP contribution in [0.4, 0.5) is 0 Å². The molecule has 2 aromatic rings. The van der Waals surface area contributed by atoms with Crippen molar-refractivity contribution in [1.29, 1.82) is 0 Å². The van der Waals surface area contributed by atoms with E-state index in [0.29, 0.717) is 5.82 Å². The van der Waals surface area contributed by atoms with Crippen LogP contribution in [-0.2, 0) is 0 Å². The summed E-state index contributed by atoms with van der Waals surface area (Å²) in [5.74, 6) is 1.41. The lowest BCUT2D eigenvalue weighted by molar-refractivity contribution is 1.07. The quantitative estimate of drug-likeness (QED) is 0.855. The number of nitrogens with one attached hydrogen (secondary N) is 1. The van der Waals surface area contributed by atoms with Gasteiger partial charge in [-0.2, -0.15) is 0 Å². The molecule has 0 amide bonds. The molecule has 86 valence electrons. The Hall–Kier alpha value is -1.90. The zero-order chi connectivity index (χ0) is 11.8. The second-order valence-electron chi connectivity index (χ2n) is 4.63. The first-order chi connectivity index (χ1) is 8.22. The number of aromatic amines is 1. The first-order valence-corrected chi connectivity index (χ1v) is 5.91. The van der Waals surface area contributed by atoms with Crippen LogP contribution in [0.2, 0.25) is 0 Å². The molecule has 1 aromatic carbocycles. The summed E-state index contributed by atoms with van der Waals surface area (Å²) in [5, 5.41) is 0. The number of aryl methyl sites for hydroxylation is 1. The number of benzene rings is 1. The molecule has 1 fully saturated rings. The smallest absolute Gasteiger partial charge is 0.251 e. The maximum atomic E-state index is 11.4. The van der Waals surface area contributed by atoms with E-state index in [1.807, 2.05) is 19.1 Å². The van der Waals surface area contributed by atoms with Crippen LogP contribution in [0.25, 0.3) is 11.4 Å². The summed E-state index contributed by atoms with van der Waals surface area (Å²) in [4.78, 5) is 18.5. The van der Waals surface area contributed by atoms with Crippen molar-refractivity contribution >= 4 is 0 Å². The maximum Gasteiger partial charge on any atom is 0.251 e. The number of aromatic nitrogens is 2. The van der Waals surface area contributed by atoms with Crippen LogP contribution in [0, 0.1) is 6.92 Å². The van der Waals surface area contributed by atoms with Gasteiger partial charge in [0.05, 0.1) is 0 Å². The van der Waals surface area contributed by atoms with E-state index in [1.165, 1.54) is 24.5 Å². The van der Waals surface area contributed by atoms with Crippen molar-refractivity contribution in [1.82, 2.24) is 9.97 Å². The van der Waals surface area contributed by atoms with Gasteiger partial charge in [0.15, 0.2) is 0 Å². The van der Waals surface area contributed by atoms with Crippen LogP contribution in [-0.4, -0.2) is 9.97 Å². The summed E-state index contributed by atoms with van der Waals surface area (Å²) in [6.45, 7) is 1.83. The molecule has 1 N–H and O–H groups in total. The fraction of sp³-hybridized carbons (Fsp3) is 0.286. The Bertz CT molecular complexity index is 594. The third-order valence-corrected chi connectivity index (χ3v) is 3.10. The van der Waals surface area contributed by atoms with Crippen LogP contribution >= 0.6 is 0 Å². The molecule has 0 saturated heterocycles. The molecule has 3 rings (SSSR count).